The SMILES string of the molecule is CCNC(=NCc1ccc(-n2ccnc2C)c(F)c1)N1CCN(c2ccccn2)CC1.I. The standard InChI is InChI=1S/C23H28FN7.HI/c1-3-25-23(30-14-12-29(13-15-30)22-6-4-5-9-27-22)28-17-19-7-8-21(20(24)16-19)31-11-10-26-18(31)2;/h4-11,16H,3,12-15,17H2,1-2H3,(H,25,28);1H. The fourth-order valence-corrected chi connectivity index (χ4v) is 3.76. The van der Waals surface area contributed by atoms with E-state index >= 15 is 0 Å². The van der Waals surface area contributed by atoms with Gasteiger partial charge in [0, 0.05) is 51.3 Å². The van der Waals surface area contributed by atoms with Crippen molar-refractivity contribution in [2.75, 3.05) is 37.6 Å². The molecule has 0 bridgehead atoms. The monoisotopic (exact) mass is 549 g/mol. The smallest absolute Gasteiger partial charge is 0.194 e. The number of guanidine groups is 1. The Labute approximate surface area is 205 Å². The molecule has 1 fully saturated rings. The molecular formula is C23H29FIN7. The van der Waals surface area contributed by atoms with Crippen LogP contribution in [0.15, 0.2) is 60.0 Å². The van der Waals surface area contributed by atoms with Gasteiger partial charge in [0.15, 0.2) is 5.96 Å². The lowest BCUT2D eigenvalue weighted by Crippen LogP contribution is -2.52. The Morgan fingerprint density at radius 2 is 1.91 bits per heavy atom. The van der Waals surface area contributed by atoms with Crippen LogP contribution in [0, 0.1) is 12.7 Å². The number of aliphatic imine (C=N–C) groups is 1. The number of piperazine rings is 1. The third-order valence-electron chi connectivity index (χ3n) is 5.40. The first kappa shape index (κ1) is 24.0. The van der Waals surface area contributed by atoms with Crippen LogP contribution in [0.5, 0.6) is 0 Å². The number of nitrogens with one attached hydrogen (secondary N) is 1. The number of rotatable bonds is 5. The Morgan fingerprint density at radius 3 is 2.53 bits per heavy atom. The number of aromatic nitrogens is 3. The Morgan fingerprint density at radius 1 is 1.09 bits per heavy atom. The van der Waals surface area contributed by atoms with Crippen molar-refractivity contribution in [2.24, 2.45) is 4.99 Å². The van der Waals surface area contributed by atoms with Crippen molar-refractivity contribution in [1.29, 1.82) is 0 Å². The van der Waals surface area contributed by atoms with Gasteiger partial charge in [0.2, 0.25) is 0 Å². The second-order valence-electron chi connectivity index (χ2n) is 7.46. The topological polar surface area (TPSA) is 61.6 Å². The van der Waals surface area contributed by atoms with Gasteiger partial charge in [0.1, 0.15) is 17.5 Å². The number of anilines is 1. The average Bonchev–Trinajstić information content (AvgIpc) is 3.23. The second kappa shape index (κ2) is 11.3. The van der Waals surface area contributed by atoms with Crippen LogP contribution < -0.4 is 10.2 Å². The Hall–Kier alpha value is -2.69. The summed E-state index contributed by atoms with van der Waals surface area (Å²) in [4.78, 5) is 17.9. The van der Waals surface area contributed by atoms with E-state index < -0.39 is 0 Å². The number of pyridine rings is 1. The third-order valence-corrected chi connectivity index (χ3v) is 5.40. The Kier molecular flexibility index (Phi) is 8.43. The molecule has 3 heterocycles. The maximum atomic E-state index is 14.7. The van der Waals surface area contributed by atoms with Gasteiger partial charge in [0.25, 0.3) is 0 Å². The summed E-state index contributed by atoms with van der Waals surface area (Å²) in [6.07, 6.45) is 5.26. The summed E-state index contributed by atoms with van der Waals surface area (Å²) in [5.41, 5.74) is 1.34. The number of nitrogens with zero attached hydrogens (tertiary/aromatic N) is 6. The molecule has 2 aromatic heterocycles. The van der Waals surface area contributed by atoms with Crippen molar-refractivity contribution in [2.45, 2.75) is 20.4 Å². The Bertz CT molecular complexity index is 1030. The number of imidazole rings is 1. The van der Waals surface area contributed by atoms with E-state index in [-0.39, 0.29) is 29.8 Å². The Balaban J connectivity index is 0.00000289. The van der Waals surface area contributed by atoms with E-state index in [1.807, 2.05) is 37.4 Å². The van der Waals surface area contributed by atoms with E-state index in [2.05, 4.69) is 32.0 Å². The van der Waals surface area contributed by atoms with Crippen molar-refractivity contribution < 1.29 is 4.39 Å². The number of benzene rings is 1. The van der Waals surface area contributed by atoms with Crippen LogP contribution in [-0.2, 0) is 6.54 Å². The summed E-state index contributed by atoms with van der Waals surface area (Å²) in [6.45, 7) is 8.60. The minimum atomic E-state index is -0.275. The second-order valence-corrected chi connectivity index (χ2v) is 7.46. The van der Waals surface area contributed by atoms with Gasteiger partial charge in [-0.15, -0.1) is 24.0 Å². The molecule has 0 radical (unpaired) electrons. The van der Waals surface area contributed by atoms with Crippen LogP contribution in [-0.4, -0.2) is 58.1 Å². The van der Waals surface area contributed by atoms with Gasteiger partial charge in [-0.25, -0.2) is 19.4 Å². The van der Waals surface area contributed by atoms with Crippen molar-refractivity contribution in [3.63, 3.8) is 0 Å². The van der Waals surface area contributed by atoms with E-state index in [4.69, 9.17) is 4.99 Å². The summed E-state index contributed by atoms with van der Waals surface area (Å²) in [5.74, 6) is 2.35. The molecule has 0 amide bonds. The van der Waals surface area contributed by atoms with Crippen LogP contribution >= 0.6 is 24.0 Å². The average molecular weight is 549 g/mol. The first-order valence-electron chi connectivity index (χ1n) is 10.6. The van der Waals surface area contributed by atoms with Gasteiger partial charge in [-0.3, -0.25) is 0 Å². The molecule has 9 heteroatoms. The molecule has 170 valence electrons. The molecular weight excluding hydrogens is 520 g/mol. The quantitative estimate of drug-likeness (QED) is 0.300. The van der Waals surface area contributed by atoms with Crippen LogP contribution in [0.1, 0.15) is 18.3 Å². The zero-order valence-corrected chi connectivity index (χ0v) is 20.7. The summed E-state index contributed by atoms with van der Waals surface area (Å²) in [7, 11) is 0. The summed E-state index contributed by atoms with van der Waals surface area (Å²) in [6, 6.07) is 11.2. The lowest BCUT2D eigenvalue weighted by atomic mass is 10.2. The van der Waals surface area contributed by atoms with Gasteiger partial charge in [-0.05, 0) is 43.7 Å². The van der Waals surface area contributed by atoms with Gasteiger partial charge in [0.05, 0.1) is 12.2 Å². The number of hydrogen-bond donors (Lipinski definition) is 1. The lowest BCUT2D eigenvalue weighted by Gasteiger charge is -2.37. The fraction of sp³-hybridized carbons (Fsp3) is 0.348. The number of hydrogen-bond acceptors (Lipinski definition) is 4. The first-order valence-corrected chi connectivity index (χ1v) is 10.6. The number of halogens is 2. The molecule has 32 heavy (non-hydrogen) atoms. The largest absolute Gasteiger partial charge is 0.357 e. The minimum Gasteiger partial charge on any atom is -0.357 e. The summed E-state index contributed by atoms with van der Waals surface area (Å²) < 4.78 is 16.4. The first-order chi connectivity index (χ1) is 15.2. The highest BCUT2D eigenvalue weighted by molar-refractivity contribution is 14.0. The van der Waals surface area contributed by atoms with E-state index in [0.717, 1.165) is 55.9 Å². The normalized spacial score (nSPS) is 14.3. The molecule has 3 aromatic rings. The van der Waals surface area contributed by atoms with E-state index in [0.29, 0.717) is 12.2 Å². The molecule has 0 unspecified atom stereocenters. The van der Waals surface area contributed by atoms with Crippen molar-refractivity contribution in [3.05, 3.63) is 72.2 Å². The van der Waals surface area contributed by atoms with Gasteiger partial charge in [-0.1, -0.05) is 12.1 Å². The highest BCUT2D eigenvalue weighted by Gasteiger charge is 2.20. The van der Waals surface area contributed by atoms with Gasteiger partial charge in [-0.2, -0.15) is 0 Å². The molecule has 4 rings (SSSR count). The highest BCUT2D eigenvalue weighted by atomic mass is 127. The lowest BCUT2D eigenvalue weighted by molar-refractivity contribution is 0.371. The zero-order chi connectivity index (χ0) is 21.6. The van der Waals surface area contributed by atoms with Crippen molar-refractivity contribution in [1.82, 2.24) is 24.8 Å². The molecule has 1 aromatic carbocycles. The van der Waals surface area contributed by atoms with E-state index in [1.165, 1.54) is 0 Å². The molecule has 0 spiro atoms. The van der Waals surface area contributed by atoms with Crippen molar-refractivity contribution >= 4 is 35.8 Å². The molecule has 0 aliphatic carbocycles. The van der Waals surface area contributed by atoms with Crippen LogP contribution in [0.25, 0.3) is 5.69 Å². The predicted octanol–water partition coefficient (Wildman–Crippen LogP) is 3.62. The molecule has 1 saturated heterocycles. The molecule has 0 atom stereocenters. The minimum absolute atomic E-state index is 0. The van der Waals surface area contributed by atoms with E-state index in [9.17, 15) is 4.39 Å². The van der Waals surface area contributed by atoms with Gasteiger partial charge < -0.3 is 19.7 Å². The highest BCUT2D eigenvalue weighted by Crippen LogP contribution is 2.18. The summed E-state index contributed by atoms with van der Waals surface area (Å²) in [5, 5.41) is 3.37. The molecule has 7 nitrogen and oxygen atoms in total. The van der Waals surface area contributed by atoms with E-state index in [1.54, 1.807) is 29.1 Å². The van der Waals surface area contributed by atoms with Crippen LogP contribution in [0.4, 0.5) is 10.2 Å². The molecule has 1 aliphatic heterocycles. The van der Waals surface area contributed by atoms with Crippen LogP contribution in [0.2, 0.25) is 0 Å². The van der Waals surface area contributed by atoms with Crippen LogP contribution in [0.3, 0.4) is 0 Å². The fourth-order valence-electron chi connectivity index (χ4n) is 3.76. The maximum Gasteiger partial charge on any atom is 0.194 e. The molecule has 1 N–H and O–H groups in total. The van der Waals surface area contributed by atoms with Gasteiger partial charge >= 0.3 is 0 Å². The zero-order valence-electron chi connectivity index (χ0n) is 18.4. The predicted molar refractivity (Wildman–Crippen MR) is 137 cm³/mol. The van der Waals surface area contributed by atoms with Crippen molar-refractivity contribution in [3.8, 4) is 5.69 Å². The maximum absolute atomic E-state index is 14.7. The summed E-state index contributed by atoms with van der Waals surface area (Å²) >= 11 is 0. The molecule has 0 saturated carbocycles. The number of aryl methyl sites for hydroxylation is 1. The third kappa shape index (κ3) is 5.56. The molecule has 1 aliphatic rings.